The number of hydrazine groups is 1. The highest BCUT2D eigenvalue weighted by molar-refractivity contribution is 7.77. The van der Waals surface area contributed by atoms with Crippen LogP contribution in [-0.4, -0.2) is 29.5 Å². The summed E-state index contributed by atoms with van der Waals surface area (Å²) >= 11 is 4.02. The Bertz CT molecular complexity index is 92.2. The minimum atomic E-state index is 0.666. The van der Waals surface area contributed by atoms with Crippen molar-refractivity contribution in [2.24, 2.45) is 4.99 Å². The summed E-state index contributed by atoms with van der Waals surface area (Å²) in [5, 5.41) is 1.81. The second kappa shape index (κ2) is 1.71. The van der Waals surface area contributed by atoms with Crippen LogP contribution in [0.5, 0.6) is 0 Å². The van der Waals surface area contributed by atoms with Crippen molar-refractivity contribution in [2.75, 3.05) is 13.7 Å². The van der Waals surface area contributed by atoms with Gasteiger partial charge in [-0.15, -0.1) is 4.41 Å². The number of aliphatic imine (C=N–C) groups is 1. The molecule has 4 heteroatoms. The molecule has 3 nitrogen and oxygen atoms in total. The summed E-state index contributed by atoms with van der Waals surface area (Å²) in [6.45, 7) is 0.666. The minimum Gasteiger partial charge on any atom is -0.288 e. The van der Waals surface area contributed by atoms with E-state index < -0.39 is 0 Å². The summed E-state index contributed by atoms with van der Waals surface area (Å²) in [4.78, 5) is 3.90. The van der Waals surface area contributed by atoms with E-state index in [0.29, 0.717) is 6.67 Å². The molecule has 1 aliphatic heterocycles. The van der Waals surface area contributed by atoms with Crippen LogP contribution in [0.4, 0.5) is 0 Å². The van der Waals surface area contributed by atoms with Gasteiger partial charge in [-0.1, -0.05) is 12.8 Å². The molecule has 40 valence electrons. The lowest BCUT2D eigenvalue weighted by Gasteiger charge is -2.14. The number of hydrogen-bond acceptors (Lipinski definition) is 4. The zero-order chi connectivity index (χ0) is 5.28. The molecule has 0 atom stereocenters. The quantitative estimate of drug-likeness (QED) is 0.450. The van der Waals surface area contributed by atoms with Gasteiger partial charge in [0.2, 0.25) is 0 Å². The van der Waals surface area contributed by atoms with Gasteiger partial charge in [-0.25, -0.2) is 0 Å². The van der Waals surface area contributed by atoms with Gasteiger partial charge in [0.25, 0.3) is 0 Å². The first-order valence-corrected chi connectivity index (χ1v) is 2.40. The summed E-state index contributed by atoms with van der Waals surface area (Å²) in [7, 11) is 1.89. The minimum absolute atomic E-state index is 0.666. The molecule has 0 aromatic rings. The van der Waals surface area contributed by atoms with E-state index >= 15 is 0 Å². The Hall–Kier alpha value is -0.220. The first-order chi connectivity index (χ1) is 3.30. The van der Waals surface area contributed by atoms with Gasteiger partial charge in [0.05, 0.1) is 0 Å². The fourth-order valence-corrected chi connectivity index (χ4v) is 0.506. The average Bonchev–Trinajstić information content (AvgIpc) is 1.91. The molecule has 0 aromatic heterocycles. The Morgan fingerprint density at radius 1 is 1.86 bits per heavy atom. The smallest absolute Gasteiger partial charge is 0.121 e. The Kier molecular flexibility index (Phi) is 1.21. The van der Waals surface area contributed by atoms with Crippen LogP contribution in [-0.2, 0) is 0 Å². The highest BCUT2D eigenvalue weighted by atomic mass is 32.1. The predicted octanol–water partition coefficient (Wildman–Crippen LogP) is -0.0206. The molecule has 0 unspecified atom stereocenters. The van der Waals surface area contributed by atoms with Crippen LogP contribution in [0.2, 0.25) is 0 Å². The van der Waals surface area contributed by atoms with Crippen LogP contribution in [0.1, 0.15) is 0 Å². The Morgan fingerprint density at radius 2 is 2.57 bits per heavy atom. The third kappa shape index (κ3) is 0.863. The van der Waals surface area contributed by atoms with E-state index in [9.17, 15) is 0 Å². The molecule has 0 saturated heterocycles. The molecule has 0 saturated carbocycles. The molecule has 1 rings (SSSR count). The summed E-state index contributed by atoms with van der Waals surface area (Å²) in [5.74, 6) is 0. The molecule has 0 spiro atoms. The SMILES string of the molecule is CN1C=NCN1S. The van der Waals surface area contributed by atoms with E-state index in [0.717, 1.165) is 0 Å². The molecule has 0 aromatic carbocycles. The van der Waals surface area contributed by atoms with Crippen LogP contribution >= 0.6 is 12.8 Å². The van der Waals surface area contributed by atoms with Crippen molar-refractivity contribution < 1.29 is 0 Å². The van der Waals surface area contributed by atoms with Crippen LogP contribution in [0.25, 0.3) is 0 Å². The maximum absolute atomic E-state index is 4.02. The van der Waals surface area contributed by atoms with Gasteiger partial charge in [-0.05, 0) is 0 Å². The third-order valence-corrected chi connectivity index (χ3v) is 1.23. The molecule has 0 N–H and O–H groups in total. The second-order valence-corrected chi connectivity index (χ2v) is 1.85. The van der Waals surface area contributed by atoms with E-state index in [1.54, 1.807) is 10.8 Å². The van der Waals surface area contributed by atoms with Crippen molar-refractivity contribution >= 4 is 19.2 Å². The Morgan fingerprint density at radius 3 is 2.71 bits per heavy atom. The predicted molar refractivity (Wildman–Crippen MR) is 31.9 cm³/mol. The summed E-state index contributed by atoms with van der Waals surface area (Å²) in [5.41, 5.74) is 0. The fraction of sp³-hybridized carbons (Fsp3) is 0.667. The molecule has 1 heterocycles. The molecule has 7 heavy (non-hydrogen) atoms. The van der Waals surface area contributed by atoms with Crippen molar-refractivity contribution in [3.63, 3.8) is 0 Å². The van der Waals surface area contributed by atoms with E-state index in [-0.39, 0.29) is 0 Å². The molecule has 1 aliphatic rings. The van der Waals surface area contributed by atoms with Crippen LogP contribution in [0.15, 0.2) is 4.99 Å². The summed E-state index contributed by atoms with van der Waals surface area (Å²) < 4.78 is 1.71. The van der Waals surface area contributed by atoms with Gasteiger partial charge in [-0.2, -0.15) is 0 Å². The van der Waals surface area contributed by atoms with Crippen molar-refractivity contribution in [3.8, 4) is 0 Å². The first-order valence-electron chi connectivity index (χ1n) is 2.00. The number of thiol groups is 1. The van der Waals surface area contributed by atoms with Crippen LogP contribution in [0, 0.1) is 0 Å². The molecule has 0 fully saturated rings. The van der Waals surface area contributed by atoms with Crippen molar-refractivity contribution in [2.45, 2.75) is 0 Å². The number of nitrogens with zero attached hydrogens (tertiary/aromatic N) is 3. The summed E-state index contributed by atoms with van der Waals surface area (Å²) in [6, 6.07) is 0. The topological polar surface area (TPSA) is 18.8 Å². The first kappa shape index (κ1) is 4.93. The van der Waals surface area contributed by atoms with E-state index in [2.05, 4.69) is 17.8 Å². The van der Waals surface area contributed by atoms with Gasteiger partial charge in [0, 0.05) is 7.05 Å². The average molecular weight is 117 g/mol. The van der Waals surface area contributed by atoms with Gasteiger partial charge >= 0.3 is 0 Å². The van der Waals surface area contributed by atoms with Gasteiger partial charge in [0.1, 0.15) is 13.0 Å². The molecule has 0 bridgehead atoms. The lowest BCUT2D eigenvalue weighted by Crippen LogP contribution is -2.24. The summed E-state index contributed by atoms with van der Waals surface area (Å²) in [6.07, 6.45) is 1.73. The standard InChI is InChI=1S/C3H7N3S/c1-5-2-4-3-6(5)7/h2,7H,3H2,1H3. The van der Waals surface area contributed by atoms with E-state index in [4.69, 9.17) is 0 Å². The zero-order valence-electron chi connectivity index (χ0n) is 4.07. The zero-order valence-corrected chi connectivity index (χ0v) is 4.97. The monoisotopic (exact) mass is 117 g/mol. The molecular weight excluding hydrogens is 110 g/mol. The van der Waals surface area contributed by atoms with E-state index in [1.165, 1.54) is 0 Å². The maximum Gasteiger partial charge on any atom is 0.121 e. The Balaban J connectivity index is 2.45. The maximum atomic E-state index is 4.02. The largest absolute Gasteiger partial charge is 0.288 e. The Labute approximate surface area is 48.1 Å². The lowest BCUT2D eigenvalue weighted by molar-refractivity contribution is 0.249. The van der Waals surface area contributed by atoms with Crippen LogP contribution < -0.4 is 0 Å². The van der Waals surface area contributed by atoms with Gasteiger partial charge < -0.3 is 0 Å². The second-order valence-electron chi connectivity index (χ2n) is 1.39. The van der Waals surface area contributed by atoms with Crippen LogP contribution in [0.3, 0.4) is 0 Å². The van der Waals surface area contributed by atoms with Crippen molar-refractivity contribution in [3.05, 3.63) is 0 Å². The number of rotatable bonds is 0. The highest BCUT2D eigenvalue weighted by Crippen LogP contribution is 2.00. The molecule has 0 aliphatic carbocycles. The molecule has 0 amide bonds. The normalized spacial score (nSPS) is 21.7. The molecule has 0 radical (unpaired) electrons. The lowest BCUT2D eigenvalue weighted by atomic mass is 11.1. The number of hydrogen-bond donors (Lipinski definition) is 1. The van der Waals surface area contributed by atoms with Gasteiger partial charge in [0.15, 0.2) is 0 Å². The van der Waals surface area contributed by atoms with E-state index in [1.807, 2.05) is 12.1 Å². The van der Waals surface area contributed by atoms with Gasteiger partial charge in [-0.3, -0.25) is 10.0 Å². The highest BCUT2D eigenvalue weighted by Gasteiger charge is 2.05. The van der Waals surface area contributed by atoms with Crippen molar-refractivity contribution in [1.29, 1.82) is 0 Å². The van der Waals surface area contributed by atoms with Crippen molar-refractivity contribution in [1.82, 2.24) is 9.42 Å². The fourth-order valence-electron chi connectivity index (χ4n) is 0.387. The molecular formula is C3H7N3S. The third-order valence-electron chi connectivity index (χ3n) is 0.821.